The first-order valence-corrected chi connectivity index (χ1v) is 17.2. The number of nitrogens with one attached hydrogen (secondary N) is 4. The van der Waals surface area contributed by atoms with Gasteiger partial charge in [0.05, 0.1) is 19.6 Å². The number of amides is 7. The maximum atomic E-state index is 13.3. The molecule has 0 spiro atoms. The molecule has 0 saturated carbocycles. The quantitative estimate of drug-likeness (QED) is 0.102. The van der Waals surface area contributed by atoms with Gasteiger partial charge >= 0.3 is 5.97 Å². The maximum absolute atomic E-state index is 13.3. The zero-order valence-corrected chi connectivity index (χ0v) is 27.6. The second-order valence-electron chi connectivity index (χ2n) is 11.8. The number of aliphatic carboxylic acids is 1. The third-order valence-corrected chi connectivity index (χ3v) is 9.22. The lowest BCUT2D eigenvalue weighted by Gasteiger charge is -2.29. The number of carbonyl (C=O) groups is 8. The number of nitrogens with zero attached hydrogens (tertiary/aromatic N) is 3. The van der Waals surface area contributed by atoms with Crippen molar-refractivity contribution in [1.29, 1.82) is 0 Å². The number of hydrogen-bond acceptors (Lipinski definition) is 10. The van der Waals surface area contributed by atoms with E-state index in [1.165, 1.54) is 33.4 Å². The first kappa shape index (κ1) is 37.5. The van der Waals surface area contributed by atoms with Gasteiger partial charge in [-0.1, -0.05) is 0 Å². The van der Waals surface area contributed by atoms with Crippen molar-refractivity contribution < 1.29 is 43.5 Å². The Hall–Kier alpha value is -3.93. The summed E-state index contributed by atoms with van der Waals surface area (Å²) in [7, 11) is 0. The molecule has 47 heavy (non-hydrogen) atoms. The van der Waals surface area contributed by atoms with Crippen LogP contribution < -0.4 is 27.0 Å². The van der Waals surface area contributed by atoms with E-state index in [0.717, 1.165) is 0 Å². The van der Waals surface area contributed by atoms with Gasteiger partial charge in [0, 0.05) is 19.6 Å². The van der Waals surface area contributed by atoms with Crippen LogP contribution in [0.4, 0.5) is 0 Å². The fourth-order valence-electron chi connectivity index (χ4n) is 6.11. The van der Waals surface area contributed by atoms with Gasteiger partial charge in [0.1, 0.15) is 30.2 Å². The minimum atomic E-state index is -1.09. The van der Waals surface area contributed by atoms with Gasteiger partial charge < -0.3 is 46.8 Å². The molecule has 7 N–H and O–H groups in total. The molecule has 0 aromatic heterocycles. The first-order chi connectivity index (χ1) is 22.4. The Balaban J connectivity index is 1.50. The Morgan fingerprint density at radius 3 is 1.79 bits per heavy atom. The summed E-state index contributed by atoms with van der Waals surface area (Å²) in [6.45, 7) is 1.28. The van der Waals surface area contributed by atoms with Crippen molar-refractivity contribution in [3.05, 3.63) is 0 Å². The van der Waals surface area contributed by atoms with Crippen molar-refractivity contribution in [2.24, 2.45) is 5.73 Å². The monoisotopic (exact) mass is 682 g/mol. The Labute approximate surface area is 277 Å². The normalized spacial score (nSPS) is 21.9. The van der Waals surface area contributed by atoms with Gasteiger partial charge in [-0.15, -0.1) is 0 Å². The van der Waals surface area contributed by atoms with Crippen LogP contribution in [0.3, 0.4) is 0 Å². The molecule has 262 valence electrons. The lowest BCUT2D eigenvalue weighted by atomic mass is 10.1. The fourth-order valence-corrected chi connectivity index (χ4v) is 6.58. The predicted molar refractivity (Wildman–Crippen MR) is 169 cm³/mol. The van der Waals surface area contributed by atoms with E-state index < -0.39 is 84.1 Å². The number of rotatable bonds is 15. The molecule has 17 nitrogen and oxygen atoms in total. The first-order valence-electron chi connectivity index (χ1n) is 15.9. The third-order valence-electron chi connectivity index (χ3n) is 8.58. The van der Waals surface area contributed by atoms with Gasteiger partial charge in [-0.25, -0.2) is 4.79 Å². The van der Waals surface area contributed by atoms with E-state index in [2.05, 4.69) is 21.3 Å². The molecular formula is C29H46N8O9S. The zero-order valence-electron chi connectivity index (χ0n) is 26.8. The highest BCUT2D eigenvalue weighted by atomic mass is 32.2. The fraction of sp³-hybridized carbons (Fsp3) is 0.724. The number of hydrogen-bond donors (Lipinski definition) is 6. The van der Waals surface area contributed by atoms with Crippen molar-refractivity contribution in [2.45, 2.75) is 82.1 Å². The summed E-state index contributed by atoms with van der Waals surface area (Å²) >= 11 is 1.50. The van der Waals surface area contributed by atoms with Gasteiger partial charge in [-0.05, 0) is 63.9 Å². The van der Waals surface area contributed by atoms with Crippen molar-refractivity contribution >= 4 is 59.1 Å². The van der Waals surface area contributed by atoms with Crippen LogP contribution in [0.25, 0.3) is 0 Å². The molecule has 3 rings (SSSR count). The second kappa shape index (κ2) is 17.8. The van der Waals surface area contributed by atoms with Crippen LogP contribution in [0.1, 0.15) is 51.9 Å². The average molecular weight is 683 g/mol. The van der Waals surface area contributed by atoms with Crippen LogP contribution in [0.15, 0.2) is 0 Å². The maximum Gasteiger partial charge on any atom is 0.326 e. The standard InChI is InChI=1S/C29H46N8O9S/c1-17(33-25(41)18(9-13-47-2)34-22(38)14-30)28(44)37-12-4-7-20(37)27(43)32-15-23(39)35-10-3-6-19(35)26(42)31-16-24(40)36-11-5-8-21(36)29(45)46/h17-21H,3-16,30H2,1-2H3,(H,31,42)(H,32,43)(H,33,41)(H,34,38)(H,45,46)/t17-,18-,19-,20-,21-/m0/s1. The minimum absolute atomic E-state index is 0.280. The summed E-state index contributed by atoms with van der Waals surface area (Å²) in [5.74, 6) is -4.11. The van der Waals surface area contributed by atoms with Gasteiger partial charge in [0.2, 0.25) is 41.4 Å². The summed E-state index contributed by atoms with van der Waals surface area (Å²) in [6.07, 6.45) is 4.92. The van der Waals surface area contributed by atoms with E-state index in [1.807, 2.05) is 6.26 Å². The third kappa shape index (κ3) is 10.0. The number of carbonyl (C=O) groups excluding carboxylic acids is 7. The highest BCUT2D eigenvalue weighted by Gasteiger charge is 2.39. The molecule has 0 aromatic carbocycles. The number of carboxylic acid groups (broad SMARTS) is 1. The summed E-state index contributed by atoms with van der Waals surface area (Å²) < 4.78 is 0. The van der Waals surface area contributed by atoms with E-state index in [9.17, 15) is 43.5 Å². The molecular weight excluding hydrogens is 636 g/mol. The SMILES string of the molecule is CSCC[C@H](NC(=O)CN)C(=O)N[C@@H](C)C(=O)N1CCC[C@H]1C(=O)NCC(=O)N1CCC[C@H]1C(=O)NCC(=O)N1CCC[C@H]1C(=O)O. The Bertz CT molecular complexity index is 1220. The van der Waals surface area contributed by atoms with Crippen molar-refractivity contribution in [3.8, 4) is 0 Å². The van der Waals surface area contributed by atoms with Crippen molar-refractivity contribution in [3.63, 3.8) is 0 Å². The largest absolute Gasteiger partial charge is 0.480 e. The smallest absolute Gasteiger partial charge is 0.326 e. The Kier molecular flexibility index (Phi) is 14.2. The number of likely N-dealkylation sites (tertiary alicyclic amines) is 3. The molecule has 3 aliphatic rings. The molecule has 5 atom stereocenters. The van der Waals surface area contributed by atoms with E-state index in [0.29, 0.717) is 57.2 Å². The molecule has 3 fully saturated rings. The molecule has 7 amide bonds. The van der Waals surface area contributed by atoms with E-state index in [4.69, 9.17) is 5.73 Å². The van der Waals surface area contributed by atoms with E-state index in [-0.39, 0.29) is 26.2 Å². The molecule has 3 saturated heterocycles. The van der Waals surface area contributed by atoms with E-state index in [1.54, 1.807) is 0 Å². The predicted octanol–water partition coefficient (Wildman–Crippen LogP) is -3.02. The van der Waals surface area contributed by atoms with E-state index >= 15 is 0 Å². The topological polar surface area (TPSA) is 241 Å². The van der Waals surface area contributed by atoms with Crippen LogP contribution in [-0.4, -0.2) is 149 Å². The molecule has 0 bridgehead atoms. The Morgan fingerprint density at radius 1 is 0.787 bits per heavy atom. The number of thioether (sulfide) groups is 1. The average Bonchev–Trinajstić information content (AvgIpc) is 3.84. The van der Waals surface area contributed by atoms with Crippen LogP contribution in [0.2, 0.25) is 0 Å². The van der Waals surface area contributed by atoms with Crippen LogP contribution in [0.5, 0.6) is 0 Å². The minimum Gasteiger partial charge on any atom is -0.480 e. The summed E-state index contributed by atoms with van der Waals surface area (Å²) in [4.78, 5) is 105. The zero-order chi connectivity index (χ0) is 34.7. The highest BCUT2D eigenvalue weighted by Crippen LogP contribution is 2.21. The molecule has 0 aromatic rings. The molecule has 18 heteroatoms. The second-order valence-corrected chi connectivity index (χ2v) is 12.8. The molecule has 3 aliphatic heterocycles. The lowest BCUT2D eigenvalue weighted by molar-refractivity contribution is -0.148. The Morgan fingerprint density at radius 2 is 1.28 bits per heavy atom. The number of nitrogens with two attached hydrogens (primary N) is 1. The van der Waals surface area contributed by atoms with Gasteiger partial charge in [0.25, 0.3) is 0 Å². The van der Waals surface area contributed by atoms with Crippen molar-refractivity contribution in [2.75, 3.05) is 51.3 Å². The van der Waals surface area contributed by atoms with Crippen LogP contribution >= 0.6 is 11.8 Å². The molecule has 0 unspecified atom stereocenters. The summed E-state index contributed by atoms with van der Waals surface area (Å²) in [5, 5.41) is 19.6. The van der Waals surface area contributed by atoms with Gasteiger partial charge in [0.15, 0.2) is 0 Å². The van der Waals surface area contributed by atoms with Gasteiger partial charge in [-0.2, -0.15) is 11.8 Å². The lowest BCUT2D eigenvalue weighted by Crippen LogP contribution is -2.56. The van der Waals surface area contributed by atoms with Gasteiger partial charge in [-0.3, -0.25) is 33.6 Å². The summed E-state index contributed by atoms with van der Waals surface area (Å²) in [5.41, 5.74) is 5.36. The molecule has 0 aliphatic carbocycles. The molecule has 3 heterocycles. The molecule has 0 radical (unpaired) electrons. The number of carboxylic acids is 1. The van der Waals surface area contributed by atoms with Crippen molar-refractivity contribution in [1.82, 2.24) is 36.0 Å². The highest BCUT2D eigenvalue weighted by molar-refractivity contribution is 7.98. The van der Waals surface area contributed by atoms with Crippen LogP contribution in [0, 0.1) is 0 Å². The van der Waals surface area contributed by atoms with Crippen LogP contribution in [-0.2, 0) is 38.4 Å². The summed E-state index contributed by atoms with van der Waals surface area (Å²) in [6, 6.07) is -4.48.